The average molecular weight is 504 g/mol. The predicted octanol–water partition coefficient (Wildman–Crippen LogP) is 2.51. The van der Waals surface area contributed by atoms with Crippen molar-refractivity contribution >= 4 is 43.6 Å². The van der Waals surface area contributed by atoms with Crippen molar-refractivity contribution in [2.24, 2.45) is 0 Å². The number of aromatic nitrogens is 3. The molecule has 5 rings (SSSR count). The first-order chi connectivity index (χ1) is 16.0. The number of carbonyl (C=O) groups excluding carboxylic acids is 1. The third kappa shape index (κ3) is 4.57. The van der Waals surface area contributed by atoms with Crippen LogP contribution >= 0.6 is 22.7 Å². The van der Waals surface area contributed by atoms with Gasteiger partial charge in [-0.2, -0.15) is 9.29 Å². The first-order valence-electron chi connectivity index (χ1n) is 10.4. The number of hydrogen-bond acceptors (Lipinski definition) is 8. The Morgan fingerprint density at radius 1 is 1.12 bits per heavy atom. The molecular formula is C21H21N5O4S3. The number of morpholine rings is 1. The third-order valence-corrected chi connectivity index (χ3v) is 8.93. The largest absolute Gasteiger partial charge is 0.379 e. The standard InChI is InChI=1S/C21H21N5O4S3/c27-20(15-3-5-17(6-4-15)33(28,29)25-9-11-30-12-10-25)22-8-7-16-14-32-21-23-19(24-26(16)21)18-2-1-13-31-18/h1-6,13-14H,7-12H2,(H,22,27). The number of nitrogens with zero attached hydrogens (tertiary/aromatic N) is 4. The summed E-state index contributed by atoms with van der Waals surface area (Å²) >= 11 is 3.11. The van der Waals surface area contributed by atoms with Crippen LogP contribution in [-0.2, 0) is 21.2 Å². The van der Waals surface area contributed by atoms with Gasteiger partial charge >= 0.3 is 0 Å². The number of thiazole rings is 1. The first-order valence-corrected chi connectivity index (χ1v) is 13.6. The van der Waals surface area contributed by atoms with E-state index in [1.54, 1.807) is 11.3 Å². The number of carbonyl (C=O) groups is 1. The van der Waals surface area contributed by atoms with Gasteiger partial charge in [0, 0.05) is 37.0 Å². The van der Waals surface area contributed by atoms with E-state index in [4.69, 9.17) is 4.74 Å². The maximum atomic E-state index is 12.7. The van der Waals surface area contributed by atoms with E-state index < -0.39 is 10.0 Å². The summed E-state index contributed by atoms with van der Waals surface area (Å²) in [6, 6.07) is 9.98. The molecule has 172 valence electrons. The van der Waals surface area contributed by atoms with Crippen LogP contribution in [-0.4, -0.2) is 66.1 Å². The van der Waals surface area contributed by atoms with Crippen molar-refractivity contribution in [3.63, 3.8) is 0 Å². The van der Waals surface area contributed by atoms with Crippen molar-refractivity contribution in [3.05, 3.63) is 58.4 Å². The van der Waals surface area contributed by atoms with E-state index in [0.717, 1.165) is 15.5 Å². The van der Waals surface area contributed by atoms with Gasteiger partial charge in [0.05, 0.1) is 28.7 Å². The summed E-state index contributed by atoms with van der Waals surface area (Å²) in [7, 11) is -3.58. The van der Waals surface area contributed by atoms with Gasteiger partial charge < -0.3 is 10.1 Å². The van der Waals surface area contributed by atoms with Crippen LogP contribution in [0.25, 0.3) is 15.7 Å². The molecule has 1 N–H and O–H groups in total. The molecule has 33 heavy (non-hydrogen) atoms. The summed E-state index contributed by atoms with van der Waals surface area (Å²) in [4.78, 5) is 19.1. The molecule has 0 saturated carbocycles. The first kappa shape index (κ1) is 22.2. The highest BCUT2D eigenvalue weighted by Gasteiger charge is 2.26. The molecule has 4 heterocycles. The number of nitrogens with one attached hydrogen (secondary N) is 1. The smallest absolute Gasteiger partial charge is 0.251 e. The second kappa shape index (κ2) is 9.31. The number of thiophene rings is 1. The lowest BCUT2D eigenvalue weighted by Crippen LogP contribution is -2.40. The van der Waals surface area contributed by atoms with Crippen LogP contribution in [0.3, 0.4) is 0 Å². The van der Waals surface area contributed by atoms with Gasteiger partial charge in [-0.1, -0.05) is 6.07 Å². The van der Waals surface area contributed by atoms with E-state index in [2.05, 4.69) is 15.4 Å². The van der Waals surface area contributed by atoms with Crippen molar-refractivity contribution in [2.45, 2.75) is 11.3 Å². The Hall–Kier alpha value is -2.64. The summed E-state index contributed by atoms with van der Waals surface area (Å²) in [5, 5.41) is 11.5. The topological polar surface area (TPSA) is 106 Å². The number of fused-ring (bicyclic) bond motifs is 1. The van der Waals surface area contributed by atoms with Gasteiger partial charge in [-0.3, -0.25) is 4.79 Å². The second-order valence-electron chi connectivity index (χ2n) is 7.38. The zero-order chi connectivity index (χ0) is 22.8. The Morgan fingerprint density at radius 2 is 1.91 bits per heavy atom. The predicted molar refractivity (Wildman–Crippen MR) is 126 cm³/mol. The lowest BCUT2D eigenvalue weighted by atomic mass is 10.2. The van der Waals surface area contributed by atoms with E-state index in [1.807, 2.05) is 27.4 Å². The quantitative estimate of drug-likeness (QED) is 0.415. The molecule has 3 aromatic heterocycles. The highest BCUT2D eigenvalue weighted by atomic mass is 32.2. The van der Waals surface area contributed by atoms with Gasteiger partial charge in [0.15, 0.2) is 5.82 Å². The SMILES string of the molecule is O=C(NCCc1csc2nc(-c3cccs3)nn12)c1ccc(S(=O)(=O)N2CCOCC2)cc1. The average Bonchev–Trinajstić information content (AvgIpc) is 3.58. The Bertz CT molecular complexity index is 1350. The highest BCUT2D eigenvalue weighted by Crippen LogP contribution is 2.24. The highest BCUT2D eigenvalue weighted by molar-refractivity contribution is 7.89. The molecule has 0 radical (unpaired) electrons. The lowest BCUT2D eigenvalue weighted by molar-refractivity contribution is 0.0730. The number of benzene rings is 1. The van der Waals surface area contributed by atoms with Crippen LogP contribution in [0.1, 0.15) is 16.1 Å². The zero-order valence-corrected chi connectivity index (χ0v) is 20.0. The molecule has 0 atom stereocenters. The Labute approximate surface area is 198 Å². The third-order valence-electron chi connectivity index (χ3n) is 5.28. The Morgan fingerprint density at radius 3 is 2.64 bits per heavy atom. The van der Waals surface area contributed by atoms with Gasteiger partial charge in [0.2, 0.25) is 15.0 Å². The molecule has 0 bridgehead atoms. The molecular weight excluding hydrogens is 482 g/mol. The minimum atomic E-state index is -3.58. The van der Waals surface area contributed by atoms with E-state index in [-0.39, 0.29) is 10.8 Å². The van der Waals surface area contributed by atoms with Crippen molar-refractivity contribution in [3.8, 4) is 10.7 Å². The molecule has 1 amide bonds. The van der Waals surface area contributed by atoms with Crippen molar-refractivity contribution in [1.29, 1.82) is 0 Å². The molecule has 1 aliphatic rings. The number of sulfonamides is 1. The van der Waals surface area contributed by atoms with E-state index in [9.17, 15) is 13.2 Å². The Balaban J connectivity index is 1.20. The van der Waals surface area contributed by atoms with Gasteiger partial charge in [0.25, 0.3) is 5.91 Å². The molecule has 9 nitrogen and oxygen atoms in total. The monoisotopic (exact) mass is 503 g/mol. The minimum Gasteiger partial charge on any atom is -0.379 e. The fourth-order valence-corrected chi connectivity index (χ4v) is 6.44. The van der Waals surface area contributed by atoms with Gasteiger partial charge in [0.1, 0.15) is 0 Å². The molecule has 1 aliphatic heterocycles. The number of ether oxygens (including phenoxy) is 1. The molecule has 0 spiro atoms. The fraction of sp³-hybridized carbons (Fsp3) is 0.286. The maximum Gasteiger partial charge on any atom is 0.251 e. The molecule has 12 heteroatoms. The molecule has 0 unspecified atom stereocenters. The summed E-state index contributed by atoms with van der Waals surface area (Å²) in [6.07, 6.45) is 0.600. The number of amides is 1. The van der Waals surface area contributed by atoms with E-state index >= 15 is 0 Å². The fourth-order valence-electron chi connectivity index (χ4n) is 3.53. The molecule has 1 aromatic carbocycles. The number of hydrogen-bond donors (Lipinski definition) is 1. The van der Waals surface area contributed by atoms with Gasteiger partial charge in [-0.25, -0.2) is 12.9 Å². The molecule has 1 fully saturated rings. The Kier molecular flexibility index (Phi) is 6.25. The van der Waals surface area contributed by atoms with Crippen molar-refractivity contribution in [1.82, 2.24) is 24.2 Å². The summed E-state index contributed by atoms with van der Waals surface area (Å²) in [5.74, 6) is 0.448. The van der Waals surface area contributed by atoms with Gasteiger partial charge in [-0.05, 0) is 35.7 Å². The molecule has 4 aromatic rings. The van der Waals surface area contributed by atoms with Gasteiger partial charge in [-0.15, -0.1) is 27.8 Å². The van der Waals surface area contributed by atoms with Crippen LogP contribution in [0.4, 0.5) is 0 Å². The van der Waals surface area contributed by atoms with Crippen LogP contribution in [0.5, 0.6) is 0 Å². The van der Waals surface area contributed by atoms with Crippen LogP contribution < -0.4 is 5.32 Å². The van der Waals surface area contributed by atoms with Crippen molar-refractivity contribution in [2.75, 3.05) is 32.8 Å². The van der Waals surface area contributed by atoms with Crippen molar-refractivity contribution < 1.29 is 17.9 Å². The summed E-state index contributed by atoms with van der Waals surface area (Å²) < 4.78 is 33.9. The van der Waals surface area contributed by atoms with Crippen LogP contribution in [0.15, 0.2) is 52.1 Å². The zero-order valence-electron chi connectivity index (χ0n) is 17.5. The lowest BCUT2D eigenvalue weighted by Gasteiger charge is -2.26. The minimum absolute atomic E-state index is 0.175. The normalized spacial score (nSPS) is 15.2. The van der Waals surface area contributed by atoms with E-state index in [1.165, 1.54) is 39.9 Å². The van der Waals surface area contributed by atoms with Crippen LogP contribution in [0, 0.1) is 0 Å². The molecule has 1 saturated heterocycles. The second-order valence-corrected chi connectivity index (χ2v) is 11.1. The van der Waals surface area contributed by atoms with E-state index in [0.29, 0.717) is 50.7 Å². The molecule has 0 aliphatic carbocycles. The summed E-state index contributed by atoms with van der Waals surface area (Å²) in [5.41, 5.74) is 1.38. The summed E-state index contributed by atoms with van der Waals surface area (Å²) in [6.45, 7) is 1.87. The maximum absolute atomic E-state index is 12.7. The number of rotatable bonds is 7. The van der Waals surface area contributed by atoms with Crippen LogP contribution in [0.2, 0.25) is 0 Å².